The number of nitrogens with one attached hydrogen (secondary N) is 2. The van der Waals surface area contributed by atoms with Crippen LogP contribution in [0.25, 0.3) is 11.1 Å². The number of benzene rings is 2. The van der Waals surface area contributed by atoms with Crippen molar-refractivity contribution in [2.75, 3.05) is 26.4 Å². The van der Waals surface area contributed by atoms with Gasteiger partial charge in [-0.05, 0) is 35.1 Å². The van der Waals surface area contributed by atoms with Gasteiger partial charge in [-0.3, -0.25) is 4.79 Å². The number of rotatable bonds is 10. The number of hydrogen-bond donors (Lipinski definition) is 3. The fourth-order valence-corrected chi connectivity index (χ4v) is 4.87. The van der Waals surface area contributed by atoms with Crippen LogP contribution in [0.1, 0.15) is 55.6 Å². The molecule has 4 rings (SSSR count). The van der Waals surface area contributed by atoms with Crippen LogP contribution in [-0.2, 0) is 19.1 Å². The summed E-state index contributed by atoms with van der Waals surface area (Å²) in [7, 11) is 0. The summed E-state index contributed by atoms with van der Waals surface area (Å²) in [6, 6.07) is 16.4. The quantitative estimate of drug-likeness (QED) is 0.445. The van der Waals surface area contributed by atoms with Gasteiger partial charge in [-0.1, -0.05) is 55.0 Å². The van der Waals surface area contributed by atoms with Crippen LogP contribution < -0.4 is 10.6 Å². The van der Waals surface area contributed by atoms with Crippen LogP contribution in [0, 0.1) is 0 Å². The van der Waals surface area contributed by atoms with Crippen LogP contribution in [0.15, 0.2) is 48.5 Å². The summed E-state index contributed by atoms with van der Waals surface area (Å²) < 4.78 is 10.7. The molecule has 1 aliphatic heterocycles. The van der Waals surface area contributed by atoms with Crippen LogP contribution in [0.5, 0.6) is 0 Å². The SMILES string of the molecule is O=C(CCCCCNC(=O)OCC1c2ccccc2-c2ccccc21)NC1(C(=O)O)CCOCC1. The average molecular weight is 481 g/mol. The Kier molecular flexibility index (Phi) is 8.02. The van der Waals surface area contributed by atoms with Gasteiger partial charge in [-0.25, -0.2) is 9.59 Å². The highest BCUT2D eigenvalue weighted by Gasteiger charge is 2.41. The minimum Gasteiger partial charge on any atom is -0.480 e. The smallest absolute Gasteiger partial charge is 0.407 e. The Morgan fingerprint density at radius 3 is 2.20 bits per heavy atom. The Morgan fingerprint density at radius 2 is 1.57 bits per heavy atom. The standard InChI is InChI=1S/C27H32N2O6/c30-24(29-27(25(31)32)13-16-34-17-14-27)12-2-1-7-15-28-26(33)35-18-23-21-10-5-3-8-19(21)20-9-4-6-11-22(20)23/h3-6,8-11,23H,1-2,7,12-18H2,(H,28,33)(H,29,30)(H,31,32). The lowest BCUT2D eigenvalue weighted by molar-refractivity contribution is -0.152. The van der Waals surface area contributed by atoms with E-state index in [0.29, 0.717) is 32.6 Å². The second-order valence-corrected chi connectivity index (χ2v) is 9.11. The number of carboxylic acids is 1. The molecule has 1 aliphatic carbocycles. The van der Waals surface area contributed by atoms with Gasteiger partial charge < -0.3 is 25.2 Å². The first-order chi connectivity index (χ1) is 17.0. The molecule has 0 radical (unpaired) electrons. The highest BCUT2D eigenvalue weighted by Crippen LogP contribution is 2.44. The van der Waals surface area contributed by atoms with Gasteiger partial charge in [0, 0.05) is 44.9 Å². The van der Waals surface area contributed by atoms with E-state index in [0.717, 1.165) is 6.42 Å². The molecule has 0 spiro atoms. The Balaban J connectivity index is 1.13. The van der Waals surface area contributed by atoms with Crippen LogP contribution in [-0.4, -0.2) is 55.0 Å². The van der Waals surface area contributed by atoms with Gasteiger partial charge in [0.2, 0.25) is 5.91 Å². The topological polar surface area (TPSA) is 114 Å². The summed E-state index contributed by atoms with van der Waals surface area (Å²) in [6.45, 7) is 1.38. The molecule has 2 aromatic carbocycles. The highest BCUT2D eigenvalue weighted by molar-refractivity contribution is 5.87. The van der Waals surface area contributed by atoms with Crippen molar-refractivity contribution in [1.82, 2.24) is 10.6 Å². The third kappa shape index (κ3) is 5.82. The molecule has 2 aliphatic rings. The number of ether oxygens (including phenoxy) is 2. The van der Waals surface area contributed by atoms with E-state index in [9.17, 15) is 19.5 Å². The number of carboxylic acid groups (broad SMARTS) is 1. The van der Waals surface area contributed by atoms with Gasteiger partial charge in [0.05, 0.1) is 0 Å². The summed E-state index contributed by atoms with van der Waals surface area (Å²) in [6.07, 6.45) is 2.41. The lowest BCUT2D eigenvalue weighted by Gasteiger charge is -2.33. The zero-order chi connectivity index (χ0) is 24.7. The van der Waals surface area contributed by atoms with E-state index >= 15 is 0 Å². The summed E-state index contributed by atoms with van der Waals surface area (Å²) >= 11 is 0. The number of carbonyl (C=O) groups excluding carboxylic acids is 2. The van der Waals surface area contributed by atoms with E-state index in [2.05, 4.69) is 34.9 Å². The minimum atomic E-state index is -1.22. The molecule has 8 nitrogen and oxygen atoms in total. The van der Waals surface area contributed by atoms with Crippen molar-refractivity contribution in [3.05, 3.63) is 59.7 Å². The second-order valence-electron chi connectivity index (χ2n) is 9.11. The largest absolute Gasteiger partial charge is 0.480 e. The summed E-state index contributed by atoms with van der Waals surface area (Å²) in [5.41, 5.74) is 3.50. The zero-order valence-corrected chi connectivity index (χ0v) is 19.8. The molecule has 0 unspecified atom stereocenters. The molecular weight excluding hydrogens is 448 g/mol. The number of alkyl carbamates (subject to hydrolysis) is 1. The molecule has 0 aromatic heterocycles. The molecule has 1 saturated heterocycles. The van der Waals surface area contributed by atoms with Gasteiger partial charge >= 0.3 is 12.1 Å². The van der Waals surface area contributed by atoms with Crippen LogP contribution in [0.4, 0.5) is 4.79 Å². The Bertz CT molecular complexity index is 1020. The molecule has 186 valence electrons. The first-order valence-corrected chi connectivity index (χ1v) is 12.2. The van der Waals surface area contributed by atoms with Gasteiger partial charge in [-0.2, -0.15) is 0 Å². The van der Waals surface area contributed by atoms with E-state index in [4.69, 9.17) is 9.47 Å². The summed E-state index contributed by atoms with van der Waals surface area (Å²) in [4.78, 5) is 36.1. The van der Waals surface area contributed by atoms with E-state index in [1.54, 1.807) is 0 Å². The molecule has 3 N–H and O–H groups in total. The maximum atomic E-state index is 12.2. The highest BCUT2D eigenvalue weighted by atomic mass is 16.5. The maximum Gasteiger partial charge on any atom is 0.407 e. The number of aliphatic carboxylic acids is 1. The van der Waals surface area contributed by atoms with Crippen molar-refractivity contribution in [3.8, 4) is 11.1 Å². The fraction of sp³-hybridized carbons (Fsp3) is 0.444. The summed E-state index contributed by atoms with van der Waals surface area (Å²) in [5.74, 6) is -1.25. The normalized spacial score (nSPS) is 16.1. The molecule has 0 bridgehead atoms. The average Bonchev–Trinajstić information content (AvgIpc) is 3.19. The van der Waals surface area contributed by atoms with Gasteiger partial charge in [0.1, 0.15) is 12.1 Å². The Hall–Kier alpha value is -3.39. The number of amides is 2. The van der Waals surface area contributed by atoms with Crippen LogP contribution in [0.3, 0.4) is 0 Å². The lowest BCUT2D eigenvalue weighted by atomic mass is 9.90. The Labute approximate surface area is 205 Å². The zero-order valence-electron chi connectivity index (χ0n) is 19.8. The van der Waals surface area contributed by atoms with Gasteiger partial charge in [0.15, 0.2) is 0 Å². The molecule has 0 saturated carbocycles. The first-order valence-electron chi connectivity index (χ1n) is 12.2. The monoisotopic (exact) mass is 480 g/mol. The van der Waals surface area contributed by atoms with Gasteiger partial charge in [-0.15, -0.1) is 0 Å². The number of carbonyl (C=O) groups is 3. The van der Waals surface area contributed by atoms with Gasteiger partial charge in [0.25, 0.3) is 0 Å². The molecule has 1 heterocycles. The second kappa shape index (κ2) is 11.4. The fourth-order valence-electron chi connectivity index (χ4n) is 4.87. The predicted molar refractivity (Wildman–Crippen MR) is 130 cm³/mol. The maximum absolute atomic E-state index is 12.2. The molecule has 2 aromatic rings. The molecule has 8 heteroatoms. The van der Waals surface area contributed by atoms with Crippen molar-refractivity contribution in [2.24, 2.45) is 0 Å². The van der Waals surface area contributed by atoms with E-state index < -0.39 is 17.6 Å². The molecule has 1 fully saturated rings. The number of hydrogen-bond acceptors (Lipinski definition) is 5. The van der Waals surface area contributed by atoms with E-state index in [1.165, 1.54) is 22.3 Å². The molecule has 2 amide bonds. The molecule has 0 atom stereocenters. The first kappa shape index (κ1) is 24.7. The van der Waals surface area contributed by atoms with Crippen molar-refractivity contribution < 1.29 is 29.0 Å². The number of fused-ring (bicyclic) bond motifs is 3. The van der Waals surface area contributed by atoms with Crippen molar-refractivity contribution in [1.29, 1.82) is 0 Å². The number of unbranched alkanes of at least 4 members (excludes halogenated alkanes) is 2. The third-order valence-electron chi connectivity index (χ3n) is 6.83. The molecular formula is C27H32N2O6. The lowest BCUT2D eigenvalue weighted by Crippen LogP contribution is -2.57. The van der Waals surface area contributed by atoms with Crippen molar-refractivity contribution >= 4 is 18.0 Å². The van der Waals surface area contributed by atoms with Crippen molar-refractivity contribution in [2.45, 2.75) is 50.0 Å². The van der Waals surface area contributed by atoms with E-state index in [1.807, 2.05) is 24.3 Å². The third-order valence-corrected chi connectivity index (χ3v) is 6.83. The predicted octanol–water partition coefficient (Wildman–Crippen LogP) is 3.84. The van der Waals surface area contributed by atoms with Crippen LogP contribution in [0.2, 0.25) is 0 Å². The van der Waals surface area contributed by atoms with Crippen LogP contribution >= 0.6 is 0 Å². The Morgan fingerprint density at radius 1 is 0.943 bits per heavy atom. The minimum absolute atomic E-state index is 0.0245. The van der Waals surface area contributed by atoms with E-state index in [-0.39, 0.29) is 37.7 Å². The summed E-state index contributed by atoms with van der Waals surface area (Å²) in [5, 5.41) is 15.0. The molecule has 35 heavy (non-hydrogen) atoms. The van der Waals surface area contributed by atoms with Crippen molar-refractivity contribution in [3.63, 3.8) is 0 Å².